The van der Waals surface area contributed by atoms with Crippen molar-refractivity contribution >= 4 is 5.71 Å². The minimum absolute atomic E-state index is 0.0834. The van der Waals surface area contributed by atoms with Gasteiger partial charge in [-0.3, -0.25) is 0 Å². The fourth-order valence-electron chi connectivity index (χ4n) is 2.35. The Morgan fingerprint density at radius 2 is 1.89 bits per heavy atom. The number of oxime groups is 1. The third-order valence-electron chi connectivity index (χ3n) is 3.62. The minimum atomic E-state index is 0.0834. The van der Waals surface area contributed by atoms with E-state index in [0.29, 0.717) is 0 Å². The van der Waals surface area contributed by atoms with Gasteiger partial charge in [0.2, 0.25) is 0 Å². The number of hydrogen-bond acceptors (Lipinski definition) is 2. The van der Waals surface area contributed by atoms with Crippen molar-refractivity contribution < 1.29 is 4.84 Å². The molecule has 0 aliphatic heterocycles. The van der Waals surface area contributed by atoms with Crippen molar-refractivity contribution in [1.82, 2.24) is 0 Å². The number of rotatable bonds is 6. The molecule has 18 heavy (non-hydrogen) atoms. The molecule has 2 heteroatoms. The van der Waals surface area contributed by atoms with Crippen molar-refractivity contribution in [3.05, 3.63) is 35.4 Å². The maximum atomic E-state index is 4.94. The molecule has 0 aromatic heterocycles. The van der Waals surface area contributed by atoms with Gasteiger partial charge in [0, 0.05) is 5.41 Å². The van der Waals surface area contributed by atoms with E-state index < -0.39 is 0 Å². The van der Waals surface area contributed by atoms with Crippen LogP contribution in [0.25, 0.3) is 0 Å². The molecule has 0 amide bonds. The van der Waals surface area contributed by atoms with Crippen LogP contribution < -0.4 is 0 Å². The van der Waals surface area contributed by atoms with E-state index in [1.807, 2.05) is 0 Å². The molecule has 1 aromatic rings. The summed E-state index contributed by atoms with van der Waals surface area (Å²) in [5.74, 6) is 0. The van der Waals surface area contributed by atoms with E-state index in [2.05, 4.69) is 57.1 Å². The van der Waals surface area contributed by atoms with Crippen LogP contribution in [0.3, 0.4) is 0 Å². The van der Waals surface area contributed by atoms with E-state index in [1.54, 1.807) is 7.11 Å². The number of benzene rings is 1. The van der Waals surface area contributed by atoms with Crippen molar-refractivity contribution in [2.75, 3.05) is 7.11 Å². The molecule has 100 valence electrons. The van der Waals surface area contributed by atoms with Crippen LogP contribution in [0.2, 0.25) is 0 Å². The van der Waals surface area contributed by atoms with Crippen molar-refractivity contribution in [2.45, 2.75) is 47.0 Å². The summed E-state index contributed by atoms with van der Waals surface area (Å²) in [6, 6.07) is 8.77. The highest BCUT2D eigenvalue weighted by Gasteiger charge is 2.27. The summed E-state index contributed by atoms with van der Waals surface area (Å²) >= 11 is 0. The number of aryl methyl sites for hydroxylation is 1. The zero-order valence-electron chi connectivity index (χ0n) is 12.3. The first kappa shape index (κ1) is 14.7. The first-order chi connectivity index (χ1) is 8.51. The fraction of sp³-hybridized carbons (Fsp3) is 0.562. The van der Waals surface area contributed by atoms with Crippen molar-refractivity contribution in [3.63, 3.8) is 0 Å². The SMILES string of the molecule is CCCC(C)(Cc1ccc(C)cc1)/C(C)=N/OC. The lowest BCUT2D eigenvalue weighted by Gasteiger charge is -2.29. The van der Waals surface area contributed by atoms with Crippen molar-refractivity contribution in [1.29, 1.82) is 0 Å². The first-order valence-electron chi connectivity index (χ1n) is 6.65. The molecule has 1 atom stereocenters. The summed E-state index contributed by atoms with van der Waals surface area (Å²) in [6.07, 6.45) is 3.29. The Kier molecular flexibility index (Phi) is 5.39. The quantitative estimate of drug-likeness (QED) is 0.540. The molecule has 0 N–H and O–H groups in total. The van der Waals surface area contributed by atoms with Crippen LogP contribution in [0.1, 0.15) is 44.7 Å². The van der Waals surface area contributed by atoms with Crippen LogP contribution in [-0.2, 0) is 11.3 Å². The lowest BCUT2D eigenvalue weighted by molar-refractivity contribution is 0.206. The molecule has 0 radical (unpaired) electrons. The zero-order valence-corrected chi connectivity index (χ0v) is 12.3. The summed E-state index contributed by atoms with van der Waals surface area (Å²) in [6.45, 7) is 8.67. The lowest BCUT2D eigenvalue weighted by Crippen LogP contribution is -2.28. The summed E-state index contributed by atoms with van der Waals surface area (Å²) in [5.41, 5.74) is 3.83. The van der Waals surface area contributed by atoms with Gasteiger partial charge in [-0.05, 0) is 32.3 Å². The normalized spacial score (nSPS) is 15.3. The van der Waals surface area contributed by atoms with E-state index in [4.69, 9.17) is 4.84 Å². The molecule has 0 aliphatic rings. The zero-order chi connectivity index (χ0) is 13.6. The molecule has 0 fully saturated rings. The standard InChI is InChI=1S/C16H25NO/c1-6-11-16(4,14(3)17-18-5)12-15-9-7-13(2)8-10-15/h7-10H,6,11-12H2,1-5H3/b17-14+. The van der Waals surface area contributed by atoms with E-state index in [0.717, 1.165) is 25.0 Å². The molecule has 1 unspecified atom stereocenters. The predicted molar refractivity (Wildman–Crippen MR) is 78.0 cm³/mol. The molecule has 0 aliphatic carbocycles. The van der Waals surface area contributed by atoms with E-state index in [-0.39, 0.29) is 5.41 Å². The summed E-state index contributed by atoms with van der Waals surface area (Å²) in [7, 11) is 1.61. The van der Waals surface area contributed by atoms with Crippen molar-refractivity contribution in [3.8, 4) is 0 Å². The number of hydrogen-bond donors (Lipinski definition) is 0. The molecule has 1 rings (SSSR count). The van der Waals surface area contributed by atoms with Crippen LogP contribution in [0.5, 0.6) is 0 Å². The van der Waals surface area contributed by atoms with Crippen LogP contribution >= 0.6 is 0 Å². The Labute approximate surface area is 111 Å². The predicted octanol–water partition coefficient (Wildman–Crippen LogP) is 4.37. The van der Waals surface area contributed by atoms with E-state index in [9.17, 15) is 0 Å². The Balaban J connectivity index is 2.91. The van der Waals surface area contributed by atoms with Gasteiger partial charge in [-0.2, -0.15) is 0 Å². The van der Waals surface area contributed by atoms with Crippen LogP contribution in [0, 0.1) is 12.3 Å². The monoisotopic (exact) mass is 247 g/mol. The van der Waals surface area contributed by atoms with Gasteiger partial charge in [0.25, 0.3) is 0 Å². The Bertz CT molecular complexity index is 394. The highest BCUT2D eigenvalue weighted by molar-refractivity contribution is 5.87. The third-order valence-corrected chi connectivity index (χ3v) is 3.62. The second kappa shape index (κ2) is 6.58. The molecule has 0 heterocycles. The van der Waals surface area contributed by atoms with Crippen LogP contribution in [-0.4, -0.2) is 12.8 Å². The Morgan fingerprint density at radius 3 is 2.39 bits per heavy atom. The summed E-state index contributed by atoms with van der Waals surface area (Å²) < 4.78 is 0. The van der Waals surface area contributed by atoms with Crippen LogP contribution in [0.15, 0.2) is 29.4 Å². The van der Waals surface area contributed by atoms with Gasteiger partial charge in [-0.1, -0.05) is 55.3 Å². The van der Waals surface area contributed by atoms with Gasteiger partial charge in [-0.25, -0.2) is 0 Å². The lowest BCUT2D eigenvalue weighted by atomic mass is 9.76. The molecule has 2 nitrogen and oxygen atoms in total. The molecular formula is C16H25NO. The van der Waals surface area contributed by atoms with Crippen molar-refractivity contribution in [2.24, 2.45) is 10.6 Å². The average molecular weight is 247 g/mol. The van der Waals surface area contributed by atoms with Crippen LogP contribution in [0.4, 0.5) is 0 Å². The fourth-order valence-corrected chi connectivity index (χ4v) is 2.35. The highest BCUT2D eigenvalue weighted by Crippen LogP contribution is 2.30. The molecule has 0 spiro atoms. The van der Waals surface area contributed by atoms with Gasteiger partial charge >= 0.3 is 0 Å². The average Bonchev–Trinajstić information content (AvgIpc) is 2.33. The Hall–Kier alpha value is -1.31. The number of nitrogens with zero attached hydrogens (tertiary/aromatic N) is 1. The van der Waals surface area contributed by atoms with Gasteiger partial charge in [0.1, 0.15) is 7.11 Å². The first-order valence-corrected chi connectivity index (χ1v) is 6.65. The van der Waals surface area contributed by atoms with Gasteiger partial charge in [0.05, 0.1) is 5.71 Å². The maximum Gasteiger partial charge on any atom is 0.106 e. The van der Waals surface area contributed by atoms with E-state index in [1.165, 1.54) is 11.1 Å². The van der Waals surface area contributed by atoms with Gasteiger partial charge < -0.3 is 4.84 Å². The molecule has 0 saturated heterocycles. The molecule has 0 saturated carbocycles. The summed E-state index contributed by atoms with van der Waals surface area (Å²) in [4.78, 5) is 4.94. The van der Waals surface area contributed by atoms with Gasteiger partial charge in [0.15, 0.2) is 0 Å². The second-order valence-electron chi connectivity index (χ2n) is 5.33. The second-order valence-corrected chi connectivity index (χ2v) is 5.33. The molecule has 1 aromatic carbocycles. The topological polar surface area (TPSA) is 21.6 Å². The van der Waals surface area contributed by atoms with E-state index >= 15 is 0 Å². The third kappa shape index (κ3) is 3.86. The van der Waals surface area contributed by atoms with Gasteiger partial charge in [-0.15, -0.1) is 0 Å². The minimum Gasteiger partial charge on any atom is -0.399 e. The molecule has 0 bridgehead atoms. The maximum absolute atomic E-state index is 4.94. The summed E-state index contributed by atoms with van der Waals surface area (Å²) in [5, 5.41) is 4.15. The highest BCUT2D eigenvalue weighted by atomic mass is 16.6. The largest absolute Gasteiger partial charge is 0.399 e. The smallest absolute Gasteiger partial charge is 0.106 e. The molecular weight excluding hydrogens is 222 g/mol. The Morgan fingerprint density at radius 1 is 1.28 bits per heavy atom.